The van der Waals surface area contributed by atoms with Crippen LogP contribution >= 0.6 is 0 Å². The molecule has 0 atom stereocenters. The van der Waals surface area contributed by atoms with Crippen LogP contribution in [0.25, 0.3) is 83.9 Å². The molecule has 0 saturated heterocycles. The number of aromatic hydroxyl groups is 1. The molecule has 2 aromatic heterocycles. The van der Waals surface area contributed by atoms with Gasteiger partial charge in [-0.3, -0.25) is 9.55 Å². The number of rotatable bonds is 7. The van der Waals surface area contributed by atoms with Crippen LogP contribution in [-0.2, 0) is 21.7 Å². The van der Waals surface area contributed by atoms with Crippen molar-refractivity contribution in [3.05, 3.63) is 192 Å². The van der Waals surface area contributed by atoms with E-state index in [-0.39, 0.29) is 27.4 Å². The highest BCUT2D eigenvalue weighted by molar-refractivity contribution is 5.98. The summed E-state index contributed by atoms with van der Waals surface area (Å²) in [6, 6.07) is 57.8. The topological polar surface area (TPSA) is 74.7 Å². The van der Waals surface area contributed by atoms with Gasteiger partial charge in [-0.1, -0.05) is 186 Å². The minimum atomic E-state index is -0.339. The largest absolute Gasteiger partial charge is 0.507 e. The highest BCUT2D eigenvalue weighted by atomic mass is 16.3. The van der Waals surface area contributed by atoms with E-state index in [0.29, 0.717) is 17.0 Å². The third-order valence-electron chi connectivity index (χ3n) is 13.6. The lowest BCUT2D eigenvalue weighted by Gasteiger charge is -2.28. The zero-order valence-corrected chi connectivity index (χ0v) is 42.8. The number of nitriles is 1. The molecule has 5 heteroatoms. The number of aromatic nitrogens is 3. The lowest BCUT2D eigenvalue weighted by molar-refractivity contribution is 0.446. The van der Waals surface area contributed by atoms with Gasteiger partial charge in [0.25, 0.3) is 0 Å². The number of hydrogen-bond acceptors (Lipinski definition) is 4. The summed E-state index contributed by atoms with van der Waals surface area (Å²) in [5, 5.41) is 22.4. The van der Waals surface area contributed by atoms with E-state index >= 15 is 0 Å². The SMILES string of the molecule is CC(C)(C)c1cc(-c2cc(-c3ccc(-c4ccccc4C#N)cc3)ccn2)cc(-c2cccc3c2nc(-c2cc(C(C)(C)C)cc(C(C)(C)C)c2O)n3-c2ccc(C(C)(C)C)cc2-c2ccccc2)c1. The predicted octanol–water partition coefficient (Wildman–Crippen LogP) is 17.2. The summed E-state index contributed by atoms with van der Waals surface area (Å²) >= 11 is 0. The van der Waals surface area contributed by atoms with E-state index in [0.717, 1.165) is 83.6 Å². The molecule has 0 saturated carbocycles. The molecule has 0 aliphatic rings. The molecule has 350 valence electrons. The van der Waals surface area contributed by atoms with E-state index in [1.807, 2.05) is 30.5 Å². The molecule has 0 aliphatic heterocycles. The van der Waals surface area contributed by atoms with Crippen molar-refractivity contribution in [2.75, 3.05) is 0 Å². The Morgan fingerprint density at radius 1 is 0.457 bits per heavy atom. The molecule has 0 fully saturated rings. The van der Waals surface area contributed by atoms with Crippen LogP contribution in [0.1, 0.15) is 111 Å². The molecule has 0 radical (unpaired) electrons. The first-order valence-corrected chi connectivity index (χ1v) is 24.4. The van der Waals surface area contributed by atoms with Gasteiger partial charge in [-0.25, -0.2) is 4.98 Å². The Morgan fingerprint density at radius 3 is 1.73 bits per heavy atom. The van der Waals surface area contributed by atoms with Crippen molar-refractivity contribution in [1.29, 1.82) is 5.26 Å². The summed E-state index contributed by atoms with van der Waals surface area (Å²) in [6.07, 6.45) is 1.89. The monoisotopic (exact) mass is 917 g/mol. The summed E-state index contributed by atoms with van der Waals surface area (Å²) in [7, 11) is 0. The molecule has 9 rings (SSSR count). The third kappa shape index (κ3) is 9.19. The van der Waals surface area contributed by atoms with E-state index in [1.54, 1.807) is 0 Å². The minimum absolute atomic E-state index is 0.0871. The molecule has 0 aliphatic carbocycles. The average Bonchev–Trinajstić information content (AvgIpc) is 3.72. The van der Waals surface area contributed by atoms with Gasteiger partial charge in [0.05, 0.1) is 39.6 Å². The van der Waals surface area contributed by atoms with Crippen LogP contribution in [0, 0.1) is 11.3 Å². The van der Waals surface area contributed by atoms with E-state index in [9.17, 15) is 10.4 Å². The van der Waals surface area contributed by atoms with E-state index in [1.165, 1.54) is 11.1 Å². The van der Waals surface area contributed by atoms with E-state index < -0.39 is 0 Å². The fraction of sp³-hybridized carbons (Fsp3) is 0.246. The zero-order chi connectivity index (χ0) is 49.9. The first kappa shape index (κ1) is 47.5. The highest BCUT2D eigenvalue weighted by Crippen LogP contribution is 2.46. The lowest BCUT2D eigenvalue weighted by atomic mass is 9.79. The van der Waals surface area contributed by atoms with Gasteiger partial charge >= 0.3 is 0 Å². The number of hydrogen-bond donors (Lipinski definition) is 1. The van der Waals surface area contributed by atoms with E-state index in [2.05, 4.69) is 227 Å². The fourth-order valence-corrected chi connectivity index (χ4v) is 9.42. The fourth-order valence-electron chi connectivity index (χ4n) is 9.42. The van der Waals surface area contributed by atoms with Crippen molar-refractivity contribution < 1.29 is 5.11 Å². The standard InChI is InChI=1S/C65H64N4O/c1-62(2,3)48-29-30-57(53(37-48)42-19-14-13-15-20-42)69-58-24-18-23-52(59(58)68-61(69)54-38-50(64(7,8)9)39-55(60(54)70)65(10,11)12)46-33-47(35-49(34-46)63(4,5)6)56-36-44(31-32-67-56)41-25-27-43(28-26-41)51-22-17-16-21-45(51)40-66/h13-39,70H,1-12H3. The molecule has 0 unspecified atom stereocenters. The van der Waals surface area contributed by atoms with Crippen molar-refractivity contribution in [2.24, 2.45) is 0 Å². The number of pyridine rings is 1. The summed E-state index contributed by atoms with van der Waals surface area (Å²) in [5.74, 6) is 0.928. The number of imidazole rings is 1. The van der Waals surface area contributed by atoms with Crippen molar-refractivity contribution >= 4 is 11.0 Å². The maximum Gasteiger partial charge on any atom is 0.149 e. The molecule has 5 nitrogen and oxygen atoms in total. The first-order valence-electron chi connectivity index (χ1n) is 24.4. The highest BCUT2D eigenvalue weighted by Gasteiger charge is 2.30. The predicted molar refractivity (Wildman–Crippen MR) is 293 cm³/mol. The number of para-hydroxylation sites is 1. The Balaban J connectivity index is 1.28. The van der Waals surface area contributed by atoms with Crippen LogP contribution in [0.15, 0.2) is 164 Å². The summed E-state index contributed by atoms with van der Waals surface area (Å²) in [6.45, 7) is 26.7. The summed E-state index contributed by atoms with van der Waals surface area (Å²) in [5.41, 5.74) is 17.9. The molecular formula is C65H64N4O. The Labute approximate surface area is 415 Å². The van der Waals surface area contributed by atoms with Gasteiger partial charge in [0.2, 0.25) is 0 Å². The summed E-state index contributed by atoms with van der Waals surface area (Å²) < 4.78 is 2.28. The molecule has 2 heterocycles. The Hall–Kier alpha value is -7.55. The molecule has 0 bridgehead atoms. The number of nitrogens with zero attached hydrogens (tertiary/aromatic N) is 4. The van der Waals surface area contributed by atoms with Crippen LogP contribution in [0.5, 0.6) is 5.75 Å². The van der Waals surface area contributed by atoms with Crippen LogP contribution in [0.3, 0.4) is 0 Å². The van der Waals surface area contributed by atoms with Gasteiger partial charge in [-0.15, -0.1) is 0 Å². The number of phenolic OH excluding ortho intramolecular Hbond substituents is 1. The Kier molecular flexibility index (Phi) is 12.1. The van der Waals surface area contributed by atoms with Gasteiger partial charge in [0, 0.05) is 28.5 Å². The molecule has 0 amide bonds. The van der Waals surface area contributed by atoms with Crippen LogP contribution in [-0.4, -0.2) is 19.6 Å². The zero-order valence-electron chi connectivity index (χ0n) is 42.8. The lowest BCUT2D eigenvalue weighted by Crippen LogP contribution is -2.17. The number of fused-ring (bicyclic) bond motifs is 1. The molecule has 0 spiro atoms. The van der Waals surface area contributed by atoms with Gasteiger partial charge in [0.15, 0.2) is 0 Å². The number of benzene rings is 7. The Bertz CT molecular complexity index is 3470. The minimum Gasteiger partial charge on any atom is -0.507 e. The van der Waals surface area contributed by atoms with Crippen LogP contribution < -0.4 is 0 Å². The molecule has 9 aromatic rings. The quantitative estimate of drug-likeness (QED) is 0.173. The smallest absolute Gasteiger partial charge is 0.149 e. The summed E-state index contributed by atoms with van der Waals surface area (Å²) in [4.78, 5) is 10.7. The van der Waals surface area contributed by atoms with Gasteiger partial charge < -0.3 is 5.11 Å². The number of phenols is 1. The average molecular weight is 917 g/mol. The van der Waals surface area contributed by atoms with Crippen LogP contribution in [0.4, 0.5) is 0 Å². The maximum absolute atomic E-state index is 12.6. The second-order valence-electron chi connectivity index (χ2n) is 22.9. The van der Waals surface area contributed by atoms with E-state index in [4.69, 9.17) is 9.97 Å². The molecule has 70 heavy (non-hydrogen) atoms. The second kappa shape index (κ2) is 17.8. The first-order chi connectivity index (χ1) is 33.1. The van der Waals surface area contributed by atoms with Crippen LogP contribution in [0.2, 0.25) is 0 Å². The Morgan fingerprint density at radius 2 is 1.06 bits per heavy atom. The third-order valence-corrected chi connectivity index (χ3v) is 13.6. The van der Waals surface area contributed by atoms with Gasteiger partial charge in [-0.2, -0.15) is 5.26 Å². The molecular weight excluding hydrogens is 853 g/mol. The van der Waals surface area contributed by atoms with Gasteiger partial charge in [-0.05, 0) is 126 Å². The van der Waals surface area contributed by atoms with Crippen molar-refractivity contribution in [1.82, 2.24) is 14.5 Å². The molecule has 7 aromatic carbocycles. The van der Waals surface area contributed by atoms with Crippen molar-refractivity contribution in [3.63, 3.8) is 0 Å². The van der Waals surface area contributed by atoms with Crippen molar-refractivity contribution in [3.8, 4) is 84.7 Å². The normalized spacial score (nSPS) is 12.3. The van der Waals surface area contributed by atoms with Gasteiger partial charge in [0.1, 0.15) is 11.6 Å². The van der Waals surface area contributed by atoms with Crippen molar-refractivity contribution in [2.45, 2.75) is 105 Å². The molecule has 1 N–H and O–H groups in total. The maximum atomic E-state index is 12.6. The second-order valence-corrected chi connectivity index (χ2v) is 22.9.